The van der Waals surface area contributed by atoms with Crippen LogP contribution in [0.1, 0.15) is 17.3 Å². The number of hydrogen-bond acceptors (Lipinski definition) is 4. The highest BCUT2D eigenvalue weighted by Gasteiger charge is 2.21. The molecule has 0 aliphatic rings. The van der Waals surface area contributed by atoms with E-state index in [9.17, 15) is 23.2 Å². The van der Waals surface area contributed by atoms with Gasteiger partial charge in [-0.15, -0.1) is 0 Å². The molecule has 0 saturated carbocycles. The summed E-state index contributed by atoms with van der Waals surface area (Å²) >= 11 is 11.6. The summed E-state index contributed by atoms with van der Waals surface area (Å²) in [6.07, 6.45) is -1.36. The fraction of sp³-hybridized carbons (Fsp3) is 0.167. The van der Waals surface area contributed by atoms with Crippen LogP contribution in [0.25, 0.3) is 0 Å². The number of para-hydroxylation sites is 1. The summed E-state index contributed by atoms with van der Waals surface area (Å²) in [7, 11) is 0. The smallest absolute Gasteiger partial charge is 0.326 e. The van der Waals surface area contributed by atoms with E-state index in [1.807, 2.05) is 5.32 Å². The predicted molar refractivity (Wildman–Crippen MR) is 99.3 cm³/mol. The van der Waals surface area contributed by atoms with Gasteiger partial charge in [-0.2, -0.15) is 0 Å². The van der Waals surface area contributed by atoms with Gasteiger partial charge in [0, 0.05) is 5.02 Å². The normalized spacial score (nSPS) is 11.5. The molecule has 1 atom stereocenters. The number of ether oxygens (including phenoxy) is 1. The van der Waals surface area contributed by atoms with Crippen LogP contribution in [-0.4, -0.2) is 30.4 Å². The number of carbonyl (C=O) groups is 3. The molecule has 0 spiro atoms. The molecule has 6 nitrogen and oxygen atoms in total. The maximum atomic E-state index is 13.5. The van der Waals surface area contributed by atoms with E-state index in [0.29, 0.717) is 5.02 Å². The number of benzene rings is 2. The summed E-state index contributed by atoms with van der Waals surface area (Å²) in [5.41, 5.74) is -0.555. The van der Waals surface area contributed by atoms with Gasteiger partial charge in [0.1, 0.15) is 23.9 Å². The molecular formula is C18H14Cl2F2N2O4. The molecule has 0 radical (unpaired) electrons. The number of anilines is 1. The average Bonchev–Trinajstić information content (AvgIpc) is 2.62. The Kier molecular flexibility index (Phi) is 7.31. The molecular weight excluding hydrogens is 417 g/mol. The van der Waals surface area contributed by atoms with Gasteiger partial charge in [0.2, 0.25) is 0 Å². The van der Waals surface area contributed by atoms with E-state index in [0.717, 1.165) is 18.2 Å². The topological polar surface area (TPSA) is 84.5 Å². The molecule has 0 heterocycles. The molecule has 2 aromatic carbocycles. The fourth-order valence-electron chi connectivity index (χ4n) is 2.06. The number of carbonyl (C=O) groups excluding carboxylic acids is 3. The molecule has 0 bridgehead atoms. The van der Waals surface area contributed by atoms with Crippen LogP contribution in [0.4, 0.5) is 14.5 Å². The van der Waals surface area contributed by atoms with Crippen molar-refractivity contribution in [3.05, 3.63) is 63.6 Å². The summed E-state index contributed by atoms with van der Waals surface area (Å²) in [5, 5.41) is 4.72. The molecule has 0 aliphatic carbocycles. The lowest BCUT2D eigenvalue weighted by Crippen LogP contribution is -2.36. The number of nitrogens with one attached hydrogen (secondary N) is 2. The molecule has 2 aromatic rings. The van der Waals surface area contributed by atoms with Crippen molar-refractivity contribution >= 4 is 46.7 Å². The summed E-state index contributed by atoms with van der Waals surface area (Å²) in [5.74, 6) is -4.47. The third-order valence-electron chi connectivity index (χ3n) is 3.46. The largest absolute Gasteiger partial charge is 0.451 e. The maximum Gasteiger partial charge on any atom is 0.326 e. The van der Waals surface area contributed by atoms with Crippen molar-refractivity contribution in [1.29, 1.82) is 0 Å². The predicted octanol–water partition coefficient (Wildman–Crippen LogP) is 3.57. The summed E-state index contributed by atoms with van der Waals surface area (Å²) in [6, 6.07) is 7.27. The molecule has 1 unspecified atom stereocenters. The Morgan fingerprint density at radius 2 is 1.75 bits per heavy atom. The summed E-state index contributed by atoms with van der Waals surface area (Å²) < 4.78 is 31.9. The van der Waals surface area contributed by atoms with Crippen molar-refractivity contribution in [1.82, 2.24) is 5.32 Å². The Labute approximate surface area is 168 Å². The number of hydrogen-bond donors (Lipinski definition) is 2. The third-order valence-corrected chi connectivity index (χ3v) is 4.01. The molecule has 2 amide bonds. The van der Waals surface area contributed by atoms with E-state index in [1.165, 1.54) is 25.1 Å². The first-order valence-electron chi connectivity index (χ1n) is 7.86. The van der Waals surface area contributed by atoms with Crippen LogP contribution in [0.15, 0.2) is 36.4 Å². The quantitative estimate of drug-likeness (QED) is 0.686. The minimum absolute atomic E-state index is 0.0954. The molecule has 148 valence electrons. The minimum Gasteiger partial charge on any atom is -0.451 e. The van der Waals surface area contributed by atoms with Crippen molar-refractivity contribution in [3.63, 3.8) is 0 Å². The zero-order valence-corrected chi connectivity index (χ0v) is 15.9. The summed E-state index contributed by atoms with van der Waals surface area (Å²) in [4.78, 5) is 35.8. The van der Waals surface area contributed by atoms with E-state index < -0.39 is 47.8 Å². The van der Waals surface area contributed by atoms with Crippen LogP contribution in [0.3, 0.4) is 0 Å². The Hall–Kier alpha value is -2.71. The van der Waals surface area contributed by atoms with E-state index >= 15 is 0 Å². The molecule has 28 heavy (non-hydrogen) atoms. The highest BCUT2D eigenvalue weighted by molar-refractivity contribution is 6.36. The van der Waals surface area contributed by atoms with Crippen LogP contribution >= 0.6 is 23.2 Å². The van der Waals surface area contributed by atoms with Gasteiger partial charge in [-0.3, -0.25) is 14.4 Å². The Morgan fingerprint density at radius 1 is 1.11 bits per heavy atom. The average molecular weight is 431 g/mol. The standard InChI is InChI=1S/C18H14Cl2F2N2O4/c1-9(17(26)24-16-13(21)3-2-4-14(16)22)28-15(25)8-23-18(27)11-6-5-10(19)7-12(11)20/h2-7,9H,8H2,1H3,(H,23,27)(H,24,26). The highest BCUT2D eigenvalue weighted by Crippen LogP contribution is 2.21. The van der Waals surface area contributed by atoms with Gasteiger partial charge in [-0.1, -0.05) is 29.3 Å². The lowest BCUT2D eigenvalue weighted by molar-refractivity contribution is -0.152. The Bertz CT molecular complexity index is 904. The van der Waals surface area contributed by atoms with Crippen molar-refractivity contribution in [3.8, 4) is 0 Å². The van der Waals surface area contributed by atoms with Crippen molar-refractivity contribution in [2.45, 2.75) is 13.0 Å². The van der Waals surface area contributed by atoms with Gasteiger partial charge in [0.05, 0.1) is 10.6 Å². The van der Waals surface area contributed by atoms with Crippen LogP contribution in [0.5, 0.6) is 0 Å². The first kappa shape index (κ1) is 21.6. The van der Waals surface area contributed by atoms with Gasteiger partial charge in [-0.05, 0) is 37.3 Å². The second kappa shape index (κ2) is 9.48. The molecule has 0 saturated heterocycles. The highest BCUT2D eigenvalue weighted by atomic mass is 35.5. The Balaban J connectivity index is 1.88. The van der Waals surface area contributed by atoms with Gasteiger partial charge in [0.25, 0.3) is 11.8 Å². The number of amides is 2. The minimum atomic E-state index is -1.36. The van der Waals surface area contributed by atoms with Gasteiger partial charge in [0.15, 0.2) is 6.10 Å². The molecule has 0 fully saturated rings. The summed E-state index contributed by atoms with van der Waals surface area (Å²) in [6.45, 7) is 0.660. The van der Waals surface area contributed by atoms with Crippen molar-refractivity contribution < 1.29 is 27.9 Å². The zero-order chi connectivity index (χ0) is 20.8. The number of esters is 1. The first-order valence-corrected chi connectivity index (χ1v) is 8.62. The van der Waals surface area contributed by atoms with E-state index in [2.05, 4.69) is 5.32 Å². The second-order valence-corrected chi connectivity index (χ2v) is 6.37. The number of rotatable bonds is 6. The lowest BCUT2D eigenvalue weighted by atomic mass is 10.2. The lowest BCUT2D eigenvalue weighted by Gasteiger charge is -2.14. The molecule has 0 aromatic heterocycles. The number of halogens is 4. The van der Waals surface area contributed by atoms with Gasteiger partial charge < -0.3 is 15.4 Å². The van der Waals surface area contributed by atoms with Crippen molar-refractivity contribution in [2.75, 3.05) is 11.9 Å². The SMILES string of the molecule is CC(OC(=O)CNC(=O)c1ccc(Cl)cc1Cl)C(=O)Nc1c(F)cccc1F. The van der Waals surface area contributed by atoms with E-state index in [-0.39, 0.29) is 10.6 Å². The molecule has 2 rings (SSSR count). The third kappa shape index (κ3) is 5.64. The molecule has 2 N–H and O–H groups in total. The van der Waals surface area contributed by atoms with E-state index in [1.54, 1.807) is 0 Å². The zero-order valence-electron chi connectivity index (χ0n) is 14.4. The van der Waals surface area contributed by atoms with Crippen molar-refractivity contribution in [2.24, 2.45) is 0 Å². The monoisotopic (exact) mass is 430 g/mol. The van der Waals surface area contributed by atoms with Crippen LogP contribution < -0.4 is 10.6 Å². The maximum absolute atomic E-state index is 13.5. The fourth-order valence-corrected chi connectivity index (χ4v) is 2.55. The van der Waals surface area contributed by atoms with E-state index in [4.69, 9.17) is 27.9 Å². The van der Waals surface area contributed by atoms with Crippen LogP contribution in [0, 0.1) is 11.6 Å². The van der Waals surface area contributed by atoms with Gasteiger partial charge >= 0.3 is 5.97 Å². The Morgan fingerprint density at radius 3 is 2.36 bits per heavy atom. The molecule has 0 aliphatic heterocycles. The van der Waals surface area contributed by atoms with Crippen LogP contribution in [0.2, 0.25) is 10.0 Å². The van der Waals surface area contributed by atoms with Crippen LogP contribution in [-0.2, 0) is 14.3 Å². The molecule has 10 heteroatoms. The second-order valence-electron chi connectivity index (χ2n) is 5.52. The first-order chi connectivity index (χ1) is 13.2. The van der Waals surface area contributed by atoms with Gasteiger partial charge in [-0.25, -0.2) is 8.78 Å².